The standard InChI is InChI=1S/C25H31N4O15P3/c1-16(24(32)39-14-17-8-4-2-5-9-17)28-45(34,42-18-10-6-3-7-11-18)43-47(37,38)44-46(35,36)40-15-19-21(30)22(31)23(41-19)29-13-12-20(26)27-25(29)33/h2-13,16,19,21-23,30-31H,14-15H2,1H3,(H,28,34)(H,35,36)(H,37,38)(H2,26,27,33)/t16-,19+,21+,22-,23+,45?/m0/s1. The summed E-state index contributed by atoms with van der Waals surface area (Å²) in [5, 5.41) is 22.8. The zero-order valence-corrected chi connectivity index (χ0v) is 27.0. The van der Waals surface area contributed by atoms with E-state index in [2.05, 4.69) is 23.2 Å². The molecule has 1 aromatic heterocycles. The minimum Gasteiger partial charge on any atom is -0.460 e. The van der Waals surface area contributed by atoms with Crippen LogP contribution in [0, 0.1) is 0 Å². The van der Waals surface area contributed by atoms with Gasteiger partial charge in [-0.05, 0) is 30.7 Å². The van der Waals surface area contributed by atoms with Gasteiger partial charge in [0.2, 0.25) is 0 Å². The number of carbonyl (C=O) groups excluding carboxylic acids is 1. The fourth-order valence-electron chi connectivity index (χ4n) is 4.02. The topological polar surface area (TPSA) is 278 Å². The van der Waals surface area contributed by atoms with Crippen molar-refractivity contribution in [3.63, 3.8) is 0 Å². The molecule has 0 amide bonds. The third kappa shape index (κ3) is 10.4. The molecular weight excluding hydrogens is 689 g/mol. The van der Waals surface area contributed by atoms with E-state index in [1.165, 1.54) is 37.3 Å². The number of aliphatic hydroxyl groups excluding tert-OH is 2. The lowest BCUT2D eigenvalue weighted by molar-refractivity contribution is -0.146. The highest BCUT2D eigenvalue weighted by molar-refractivity contribution is 7.68. The van der Waals surface area contributed by atoms with Crippen LogP contribution in [0.1, 0.15) is 18.7 Å². The minimum atomic E-state index is -5.84. The molecule has 19 nitrogen and oxygen atoms in total. The van der Waals surface area contributed by atoms with Crippen molar-refractivity contribution in [1.29, 1.82) is 0 Å². The second-order valence-corrected chi connectivity index (χ2v) is 14.7. The molecule has 8 atom stereocenters. The number of nitrogens with two attached hydrogens (primary N) is 1. The Hall–Kier alpha value is -3.28. The molecule has 2 aromatic carbocycles. The number of aromatic nitrogens is 2. The first kappa shape index (κ1) is 36.6. The molecule has 256 valence electrons. The van der Waals surface area contributed by atoms with Crippen LogP contribution in [0.3, 0.4) is 0 Å². The number of nitrogens with zero attached hydrogens (tertiary/aromatic N) is 2. The second-order valence-electron chi connectivity index (χ2n) is 9.83. The summed E-state index contributed by atoms with van der Waals surface area (Å²) in [6.45, 7) is -0.00176. The highest BCUT2D eigenvalue weighted by Gasteiger charge is 2.48. The monoisotopic (exact) mass is 720 g/mol. The zero-order chi connectivity index (χ0) is 34.4. The number of para-hydroxylation sites is 1. The molecule has 4 rings (SSSR count). The van der Waals surface area contributed by atoms with Crippen LogP contribution in [-0.2, 0) is 47.7 Å². The van der Waals surface area contributed by atoms with Crippen LogP contribution >= 0.6 is 23.4 Å². The first-order valence-electron chi connectivity index (χ1n) is 13.5. The lowest BCUT2D eigenvalue weighted by Crippen LogP contribution is -2.36. The first-order valence-corrected chi connectivity index (χ1v) is 18.0. The molecule has 2 heterocycles. The Balaban J connectivity index is 1.41. The molecule has 1 saturated heterocycles. The van der Waals surface area contributed by atoms with E-state index in [0.717, 1.165) is 10.8 Å². The molecule has 1 aliphatic heterocycles. The van der Waals surface area contributed by atoms with Crippen LogP contribution in [0.15, 0.2) is 77.7 Å². The Kier molecular flexibility index (Phi) is 11.9. The SMILES string of the molecule is C[C@H](NP(=O)(Oc1ccccc1)OP(=O)(O)OP(=O)(O)OC[C@H]1O[C@@H](n2ccc(N)nc2=O)[C@@H](O)[C@@H]1O)C(=O)OCc1ccccc1. The molecular formula is C25H31N4O15P3. The summed E-state index contributed by atoms with van der Waals surface area (Å²) >= 11 is 0. The summed E-state index contributed by atoms with van der Waals surface area (Å²) in [6.07, 6.45) is -5.49. The number of anilines is 1. The van der Waals surface area contributed by atoms with Gasteiger partial charge in [0.25, 0.3) is 0 Å². The van der Waals surface area contributed by atoms with Crippen molar-refractivity contribution >= 4 is 35.2 Å². The Morgan fingerprint density at radius 3 is 2.28 bits per heavy atom. The highest BCUT2D eigenvalue weighted by atomic mass is 31.3. The summed E-state index contributed by atoms with van der Waals surface area (Å²) in [6, 6.07) is 15.4. The van der Waals surface area contributed by atoms with E-state index < -0.39 is 72.2 Å². The maximum Gasteiger partial charge on any atom is 0.490 e. The number of nitrogens with one attached hydrogen (secondary N) is 1. The van der Waals surface area contributed by atoms with Crippen molar-refractivity contribution in [2.45, 2.75) is 44.1 Å². The summed E-state index contributed by atoms with van der Waals surface area (Å²) in [5.41, 5.74) is 5.13. The first-order chi connectivity index (χ1) is 22.1. The molecule has 0 radical (unpaired) electrons. The van der Waals surface area contributed by atoms with E-state index in [-0.39, 0.29) is 18.2 Å². The molecule has 1 aliphatic rings. The number of ether oxygens (including phenoxy) is 2. The second kappa shape index (κ2) is 15.3. The van der Waals surface area contributed by atoms with Crippen LogP contribution in [0.5, 0.6) is 5.75 Å². The number of hydrogen-bond acceptors (Lipinski definition) is 15. The lowest BCUT2D eigenvalue weighted by atomic mass is 10.1. The molecule has 3 aromatic rings. The van der Waals surface area contributed by atoms with Gasteiger partial charge in [-0.1, -0.05) is 48.5 Å². The molecule has 22 heteroatoms. The smallest absolute Gasteiger partial charge is 0.460 e. The van der Waals surface area contributed by atoms with Gasteiger partial charge in [0.15, 0.2) is 6.23 Å². The molecule has 1 fully saturated rings. The van der Waals surface area contributed by atoms with Gasteiger partial charge in [0, 0.05) is 6.20 Å². The normalized spacial score (nSPS) is 23.9. The minimum absolute atomic E-state index is 0.125. The predicted molar refractivity (Wildman–Crippen MR) is 160 cm³/mol. The highest BCUT2D eigenvalue weighted by Crippen LogP contribution is 2.67. The number of benzene rings is 2. The Bertz CT molecular complexity index is 1730. The van der Waals surface area contributed by atoms with Crippen LogP contribution < -0.4 is 21.0 Å². The molecule has 3 unspecified atom stereocenters. The van der Waals surface area contributed by atoms with E-state index in [4.69, 9.17) is 19.7 Å². The van der Waals surface area contributed by atoms with Gasteiger partial charge in [-0.15, -0.1) is 0 Å². The summed E-state index contributed by atoms with van der Waals surface area (Å²) in [5.74, 6) is -1.25. The Morgan fingerprint density at radius 2 is 1.64 bits per heavy atom. The molecule has 0 aliphatic carbocycles. The number of nitrogen functional groups attached to an aromatic ring is 1. The van der Waals surface area contributed by atoms with Crippen LogP contribution in [-0.4, -0.2) is 66.5 Å². The van der Waals surface area contributed by atoms with Gasteiger partial charge < -0.3 is 39.7 Å². The number of carbonyl (C=O) groups is 1. The van der Waals surface area contributed by atoms with Crippen LogP contribution in [0.25, 0.3) is 0 Å². The largest absolute Gasteiger partial charge is 0.490 e. The van der Waals surface area contributed by atoms with Crippen molar-refractivity contribution in [2.75, 3.05) is 12.3 Å². The molecule has 47 heavy (non-hydrogen) atoms. The number of rotatable bonds is 15. The summed E-state index contributed by atoms with van der Waals surface area (Å²) < 4.78 is 69.2. The van der Waals surface area contributed by atoms with Gasteiger partial charge in [0.1, 0.15) is 42.5 Å². The maximum absolute atomic E-state index is 13.6. The van der Waals surface area contributed by atoms with Crippen LogP contribution in [0.2, 0.25) is 0 Å². The van der Waals surface area contributed by atoms with E-state index in [9.17, 15) is 43.3 Å². The molecule has 0 saturated carbocycles. The van der Waals surface area contributed by atoms with Gasteiger partial charge in [-0.25, -0.2) is 18.5 Å². The third-order valence-corrected chi connectivity index (χ3v) is 11.1. The van der Waals surface area contributed by atoms with Gasteiger partial charge in [-0.3, -0.25) is 13.9 Å². The molecule has 0 bridgehead atoms. The molecule has 7 N–H and O–H groups in total. The van der Waals surface area contributed by atoms with Crippen molar-refractivity contribution < 1.29 is 65.6 Å². The van der Waals surface area contributed by atoms with Crippen molar-refractivity contribution in [3.05, 3.63) is 89.0 Å². The van der Waals surface area contributed by atoms with E-state index in [0.29, 0.717) is 5.56 Å². The zero-order valence-electron chi connectivity index (χ0n) is 24.3. The lowest BCUT2D eigenvalue weighted by Gasteiger charge is -2.25. The fraction of sp³-hybridized carbons (Fsp3) is 0.320. The maximum atomic E-state index is 13.6. The number of hydrogen-bond donors (Lipinski definition) is 6. The van der Waals surface area contributed by atoms with E-state index in [1.54, 1.807) is 36.4 Å². The Morgan fingerprint density at radius 1 is 1.00 bits per heavy atom. The third-order valence-electron chi connectivity index (χ3n) is 6.18. The molecule has 0 spiro atoms. The van der Waals surface area contributed by atoms with Gasteiger partial charge >= 0.3 is 35.1 Å². The van der Waals surface area contributed by atoms with Crippen molar-refractivity contribution in [1.82, 2.24) is 14.6 Å². The summed E-state index contributed by atoms with van der Waals surface area (Å²) in [4.78, 5) is 48.6. The number of phosphoric ester groups is 1. The number of phosphoric acid groups is 2. The van der Waals surface area contributed by atoms with E-state index >= 15 is 0 Å². The predicted octanol–water partition coefficient (Wildman–Crippen LogP) is 1.60. The number of aliphatic hydroxyl groups is 2. The summed E-state index contributed by atoms with van der Waals surface area (Å²) in [7, 11) is -16.5. The van der Waals surface area contributed by atoms with Crippen molar-refractivity contribution in [3.8, 4) is 5.75 Å². The van der Waals surface area contributed by atoms with E-state index in [1.807, 2.05) is 0 Å². The Labute approximate surface area is 266 Å². The quantitative estimate of drug-likeness (QED) is 0.0960. The average molecular weight is 720 g/mol. The van der Waals surface area contributed by atoms with Crippen molar-refractivity contribution in [2.24, 2.45) is 0 Å². The average Bonchev–Trinajstić information content (AvgIpc) is 3.27. The van der Waals surface area contributed by atoms with Gasteiger partial charge in [-0.2, -0.15) is 18.7 Å². The van der Waals surface area contributed by atoms with Gasteiger partial charge in [0.05, 0.1) is 6.61 Å². The van der Waals surface area contributed by atoms with Crippen LogP contribution in [0.4, 0.5) is 5.82 Å². The fourth-order valence-corrected chi connectivity index (χ4v) is 8.41. The number of esters is 1.